The topological polar surface area (TPSA) is 51.6 Å². The van der Waals surface area contributed by atoms with E-state index in [1.165, 1.54) is 5.56 Å². The Hall–Kier alpha value is -3.40. The van der Waals surface area contributed by atoms with Crippen molar-refractivity contribution in [1.29, 1.82) is 0 Å². The SMILES string of the molecule is Cc1ccc2c(I)c1N(C)c1cccc(n1)N(C)c1cccc(n1)N(C)c1cccc(n1)N2C. The molecule has 4 aromatic rings. The Labute approximate surface area is 213 Å². The molecule has 172 valence electrons. The van der Waals surface area contributed by atoms with Crippen LogP contribution in [-0.4, -0.2) is 43.1 Å². The van der Waals surface area contributed by atoms with Crippen LogP contribution < -0.4 is 19.6 Å². The van der Waals surface area contributed by atoms with Gasteiger partial charge in [-0.2, -0.15) is 0 Å². The van der Waals surface area contributed by atoms with E-state index in [1.807, 2.05) is 78.5 Å². The summed E-state index contributed by atoms with van der Waals surface area (Å²) in [7, 11) is 8.10. The summed E-state index contributed by atoms with van der Waals surface area (Å²) < 4.78 is 1.14. The molecule has 8 bridgehead atoms. The summed E-state index contributed by atoms with van der Waals surface area (Å²) in [5.41, 5.74) is 3.39. The van der Waals surface area contributed by atoms with E-state index >= 15 is 0 Å². The fourth-order valence-corrected chi connectivity index (χ4v) is 5.48. The maximum atomic E-state index is 4.98. The summed E-state index contributed by atoms with van der Waals surface area (Å²) >= 11 is 2.44. The number of aryl methyl sites for hydroxylation is 1. The predicted molar refractivity (Wildman–Crippen MR) is 149 cm³/mol. The van der Waals surface area contributed by atoms with Crippen molar-refractivity contribution in [3.8, 4) is 0 Å². The third-order valence-corrected chi connectivity index (χ3v) is 7.28. The van der Waals surface area contributed by atoms with Gasteiger partial charge in [-0.05, 0) is 77.5 Å². The molecule has 0 spiro atoms. The molecule has 0 amide bonds. The van der Waals surface area contributed by atoms with Gasteiger partial charge in [0.15, 0.2) is 0 Å². The van der Waals surface area contributed by atoms with Gasteiger partial charge in [-0.15, -0.1) is 0 Å². The Kier molecular flexibility index (Phi) is 5.76. The molecule has 1 aliphatic heterocycles. The van der Waals surface area contributed by atoms with E-state index in [9.17, 15) is 0 Å². The average molecular weight is 563 g/mol. The van der Waals surface area contributed by atoms with E-state index in [-0.39, 0.29) is 0 Å². The molecule has 0 aliphatic carbocycles. The highest BCUT2D eigenvalue weighted by Crippen LogP contribution is 2.39. The lowest BCUT2D eigenvalue weighted by Crippen LogP contribution is -2.21. The maximum Gasteiger partial charge on any atom is 0.136 e. The van der Waals surface area contributed by atoms with E-state index in [4.69, 9.17) is 15.0 Å². The molecular formula is C26H26IN7. The highest BCUT2D eigenvalue weighted by molar-refractivity contribution is 14.1. The van der Waals surface area contributed by atoms with E-state index < -0.39 is 0 Å². The Bertz CT molecular complexity index is 1370. The monoisotopic (exact) mass is 563 g/mol. The number of aromatic nitrogens is 3. The highest BCUT2D eigenvalue weighted by atomic mass is 127. The van der Waals surface area contributed by atoms with Crippen molar-refractivity contribution in [2.45, 2.75) is 6.92 Å². The fraction of sp³-hybridized carbons (Fsp3) is 0.192. The van der Waals surface area contributed by atoms with Crippen LogP contribution in [-0.2, 0) is 0 Å². The molecule has 1 aliphatic rings. The number of pyridine rings is 3. The average Bonchev–Trinajstić information content (AvgIpc) is 2.87. The summed E-state index contributed by atoms with van der Waals surface area (Å²) in [4.78, 5) is 23.1. The van der Waals surface area contributed by atoms with Gasteiger partial charge in [-0.25, -0.2) is 15.0 Å². The first-order valence-corrected chi connectivity index (χ1v) is 12.1. The van der Waals surface area contributed by atoms with E-state index in [1.54, 1.807) is 0 Å². The van der Waals surface area contributed by atoms with Gasteiger partial charge in [0, 0.05) is 28.2 Å². The van der Waals surface area contributed by atoms with Crippen LogP contribution in [0.2, 0.25) is 0 Å². The summed E-state index contributed by atoms with van der Waals surface area (Å²) in [6.07, 6.45) is 0. The van der Waals surface area contributed by atoms with Gasteiger partial charge in [0.25, 0.3) is 0 Å². The molecule has 0 radical (unpaired) electrons. The second kappa shape index (κ2) is 8.75. The van der Waals surface area contributed by atoms with Gasteiger partial charge in [-0.1, -0.05) is 24.3 Å². The number of hydrogen-bond donors (Lipinski definition) is 0. The summed E-state index contributed by atoms with van der Waals surface area (Å²) in [6, 6.07) is 22.4. The van der Waals surface area contributed by atoms with Gasteiger partial charge < -0.3 is 19.6 Å². The first-order chi connectivity index (χ1) is 16.3. The van der Waals surface area contributed by atoms with Crippen LogP contribution in [0.1, 0.15) is 5.56 Å². The van der Waals surface area contributed by atoms with Crippen LogP contribution in [0.5, 0.6) is 0 Å². The van der Waals surface area contributed by atoms with Gasteiger partial charge in [-0.3, -0.25) is 0 Å². The Morgan fingerprint density at radius 1 is 0.529 bits per heavy atom. The Balaban J connectivity index is 1.77. The lowest BCUT2D eigenvalue weighted by Gasteiger charge is -2.29. The minimum atomic E-state index is 0.809. The lowest BCUT2D eigenvalue weighted by molar-refractivity contribution is 1.01. The number of anilines is 8. The fourth-order valence-electron chi connectivity index (χ4n) is 4.15. The second-order valence-electron chi connectivity index (χ2n) is 8.36. The summed E-state index contributed by atoms with van der Waals surface area (Å²) in [6.45, 7) is 2.13. The van der Waals surface area contributed by atoms with Gasteiger partial charge >= 0.3 is 0 Å². The molecule has 8 heteroatoms. The van der Waals surface area contributed by atoms with Crippen molar-refractivity contribution in [1.82, 2.24) is 15.0 Å². The largest absolute Gasteiger partial charge is 0.328 e. The molecule has 0 atom stereocenters. The van der Waals surface area contributed by atoms with Crippen molar-refractivity contribution in [3.05, 3.63) is 75.9 Å². The van der Waals surface area contributed by atoms with Crippen molar-refractivity contribution in [2.24, 2.45) is 0 Å². The quantitative estimate of drug-likeness (QED) is 0.237. The normalized spacial score (nSPS) is 13.4. The maximum absolute atomic E-state index is 4.98. The predicted octanol–water partition coefficient (Wildman–Crippen LogP) is 6.17. The van der Waals surface area contributed by atoms with Crippen molar-refractivity contribution >= 4 is 68.9 Å². The molecule has 0 fully saturated rings. The minimum absolute atomic E-state index is 0.809. The molecule has 0 saturated carbocycles. The number of fused-ring (bicyclic) bond motifs is 8. The molecule has 3 aromatic heterocycles. The van der Waals surface area contributed by atoms with Crippen LogP contribution in [0, 0.1) is 10.5 Å². The van der Waals surface area contributed by atoms with E-state index in [2.05, 4.69) is 65.5 Å². The van der Waals surface area contributed by atoms with Crippen molar-refractivity contribution in [3.63, 3.8) is 0 Å². The third-order valence-electron chi connectivity index (χ3n) is 6.22. The number of nitrogens with zero attached hydrogens (tertiary/aromatic N) is 7. The number of rotatable bonds is 0. The zero-order valence-corrected chi connectivity index (χ0v) is 22.0. The Morgan fingerprint density at radius 3 is 1.35 bits per heavy atom. The van der Waals surface area contributed by atoms with Crippen LogP contribution in [0.15, 0.2) is 66.7 Å². The minimum Gasteiger partial charge on any atom is -0.328 e. The molecule has 0 N–H and O–H groups in total. The zero-order valence-electron chi connectivity index (χ0n) is 19.9. The number of halogens is 1. The smallest absolute Gasteiger partial charge is 0.136 e. The molecular weight excluding hydrogens is 537 g/mol. The van der Waals surface area contributed by atoms with Crippen LogP contribution in [0.25, 0.3) is 0 Å². The van der Waals surface area contributed by atoms with Gasteiger partial charge in [0.05, 0.1) is 14.9 Å². The molecule has 1 aromatic carbocycles. The third kappa shape index (κ3) is 3.81. The Morgan fingerprint density at radius 2 is 0.912 bits per heavy atom. The number of hydrogen-bond acceptors (Lipinski definition) is 7. The molecule has 0 unspecified atom stereocenters. The second-order valence-corrected chi connectivity index (χ2v) is 9.44. The molecule has 7 nitrogen and oxygen atoms in total. The van der Waals surface area contributed by atoms with Crippen molar-refractivity contribution in [2.75, 3.05) is 47.8 Å². The van der Waals surface area contributed by atoms with Crippen LogP contribution >= 0.6 is 22.6 Å². The van der Waals surface area contributed by atoms with Crippen LogP contribution in [0.3, 0.4) is 0 Å². The van der Waals surface area contributed by atoms with Crippen molar-refractivity contribution < 1.29 is 0 Å². The van der Waals surface area contributed by atoms with E-state index in [0.29, 0.717) is 0 Å². The standard InChI is InChI=1S/C26H26IN7/c1-17-15-16-18-25(27)26(17)34(5)24-14-8-13-23(30-24)33(4)22-12-7-11-21(29-22)32(3)20-10-6-9-19(28-20)31(18)2/h6-16H,1-5H3. The highest BCUT2D eigenvalue weighted by Gasteiger charge is 2.20. The first-order valence-electron chi connectivity index (χ1n) is 11.0. The van der Waals surface area contributed by atoms with Gasteiger partial charge in [0.1, 0.15) is 34.9 Å². The summed E-state index contributed by atoms with van der Waals surface area (Å²) in [5, 5.41) is 0. The first kappa shape index (κ1) is 22.4. The molecule has 34 heavy (non-hydrogen) atoms. The molecule has 0 saturated heterocycles. The number of benzene rings is 1. The summed E-state index contributed by atoms with van der Waals surface area (Å²) in [5.74, 6) is 4.99. The zero-order chi connectivity index (χ0) is 24.0. The molecule has 4 heterocycles. The van der Waals surface area contributed by atoms with Gasteiger partial charge in [0.2, 0.25) is 0 Å². The lowest BCUT2D eigenvalue weighted by atomic mass is 10.1. The van der Waals surface area contributed by atoms with E-state index in [0.717, 1.165) is 49.9 Å². The molecule has 5 rings (SSSR count). The van der Waals surface area contributed by atoms with Crippen LogP contribution in [0.4, 0.5) is 46.3 Å².